The summed E-state index contributed by atoms with van der Waals surface area (Å²) in [5.41, 5.74) is 3.97. The van der Waals surface area contributed by atoms with Crippen LogP contribution in [0, 0.1) is 25.2 Å². The van der Waals surface area contributed by atoms with Crippen molar-refractivity contribution in [2.75, 3.05) is 0 Å². The van der Waals surface area contributed by atoms with Crippen molar-refractivity contribution < 1.29 is 5.11 Å². The van der Waals surface area contributed by atoms with Crippen LogP contribution >= 0.6 is 0 Å². The molecule has 1 fully saturated rings. The van der Waals surface area contributed by atoms with Crippen LogP contribution in [0.15, 0.2) is 18.2 Å². The second kappa shape index (κ2) is 3.34. The van der Waals surface area contributed by atoms with Crippen molar-refractivity contribution in [3.05, 3.63) is 34.9 Å². The first-order chi connectivity index (χ1) is 6.92. The van der Waals surface area contributed by atoms with Gasteiger partial charge < -0.3 is 5.11 Å². The van der Waals surface area contributed by atoms with Gasteiger partial charge in [0.15, 0.2) is 0 Å². The van der Waals surface area contributed by atoms with E-state index in [0.29, 0.717) is 11.3 Å². The minimum Gasteiger partial charge on any atom is -0.388 e. The lowest BCUT2D eigenvalue weighted by atomic mass is 9.97. The van der Waals surface area contributed by atoms with Crippen LogP contribution in [0.25, 0.3) is 0 Å². The summed E-state index contributed by atoms with van der Waals surface area (Å²) in [7, 11) is 0. The fraction of sp³-hybridized carbons (Fsp3) is 0.571. The van der Waals surface area contributed by atoms with E-state index in [1.165, 1.54) is 11.1 Å². The highest BCUT2D eigenvalue weighted by atomic mass is 16.3. The molecule has 82 valence electrons. The van der Waals surface area contributed by atoms with Gasteiger partial charge in [0.05, 0.1) is 6.10 Å². The minimum absolute atomic E-state index is 0.278. The number of rotatable bonds is 2. The van der Waals surface area contributed by atoms with Crippen molar-refractivity contribution in [3.63, 3.8) is 0 Å². The van der Waals surface area contributed by atoms with Crippen LogP contribution in [0.2, 0.25) is 0 Å². The lowest BCUT2D eigenvalue weighted by Gasteiger charge is -2.14. The molecule has 0 radical (unpaired) electrons. The minimum atomic E-state index is -0.278. The molecule has 0 amide bonds. The third-order valence-electron chi connectivity index (χ3n) is 3.84. The Kier molecular flexibility index (Phi) is 2.38. The Hall–Kier alpha value is -0.820. The fourth-order valence-electron chi connectivity index (χ4n) is 2.23. The van der Waals surface area contributed by atoms with Crippen molar-refractivity contribution in [2.45, 2.75) is 40.2 Å². The normalized spacial score (nSPS) is 25.0. The van der Waals surface area contributed by atoms with E-state index in [4.69, 9.17) is 0 Å². The van der Waals surface area contributed by atoms with Gasteiger partial charge in [0, 0.05) is 0 Å². The summed E-state index contributed by atoms with van der Waals surface area (Å²) in [6.07, 6.45) is 0.862. The van der Waals surface area contributed by atoms with Gasteiger partial charge in [-0.15, -0.1) is 0 Å². The van der Waals surface area contributed by atoms with Gasteiger partial charge in [0.2, 0.25) is 0 Å². The van der Waals surface area contributed by atoms with Crippen molar-refractivity contribution >= 4 is 0 Å². The number of benzene rings is 1. The van der Waals surface area contributed by atoms with Crippen LogP contribution in [0.1, 0.15) is 43.1 Å². The van der Waals surface area contributed by atoms with Crippen LogP contribution in [-0.2, 0) is 0 Å². The Morgan fingerprint density at radius 3 is 2.33 bits per heavy atom. The fourth-order valence-corrected chi connectivity index (χ4v) is 2.23. The second-order valence-corrected chi connectivity index (χ2v) is 5.59. The van der Waals surface area contributed by atoms with Crippen molar-refractivity contribution in [2.24, 2.45) is 11.3 Å². The summed E-state index contributed by atoms with van der Waals surface area (Å²) in [5.74, 6) is 0.444. The standard InChI is InChI=1S/C14H20O/c1-9-5-6-11(7-10(9)2)13(15)12-8-14(12,3)4/h5-7,12-13,15H,8H2,1-4H3. The molecule has 1 nitrogen and oxygen atoms in total. The molecule has 2 unspecified atom stereocenters. The molecule has 1 aromatic carbocycles. The van der Waals surface area contributed by atoms with E-state index >= 15 is 0 Å². The van der Waals surface area contributed by atoms with Gasteiger partial charge in [-0.3, -0.25) is 0 Å². The molecule has 2 rings (SSSR count). The molecule has 1 aliphatic rings. The van der Waals surface area contributed by atoms with E-state index in [1.54, 1.807) is 0 Å². The molecule has 1 heteroatoms. The summed E-state index contributed by atoms with van der Waals surface area (Å²) < 4.78 is 0. The van der Waals surface area contributed by atoms with E-state index in [9.17, 15) is 5.11 Å². The van der Waals surface area contributed by atoms with E-state index in [0.717, 1.165) is 12.0 Å². The molecule has 1 aliphatic carbocycles. The van der Waals surface area contributed by atoms with E-state index < -0.39 is 0 Å². The summed E-state index contributed by atoms with van der Waals surface area (Å²) in [4.78, 5) is 0. The zero-order valence-corrected chi connectivity index (χ0v) is 10.0. The Balaban J connectivity index is 2.20. The third-order valence-corrected chi connectivity index (χ3v) is 3.84. The van der Waals surface area contributed by atoms with Crippen molar-refractivity contribution in [3.8, 4) is 0 Å². The van der Waals surface area contributed by atoms with E-state index in [-0.39, 0.29) is 6.10 Å². The first-order valence-electron chi connectivity index (χ1n) is 5.67. The maximum Gasteiger partial charge on any atom is 0.0823 e. The molecule has 1 N–H and O–H groups in total. The van der Waals surface area contributed by atoms with Crippen molar-refractivity contribution in [1.82, 2.24) is 0 Å². The monoisotopic (exact) mass is 204 g/mol. The molecular weight excluding hydrogens is 184 g/mol. The number of aryl methyl sites for hydroxylation is 2. The lowest BCUT2D eigenvalue weighted by molar-refractivity contribution is 0.138. The van der Waals surface area contributed by atoms with Gasteiger partial charge in [-0.1, -0.05) is 32.0 Å². The zero-order valence-electron chi connectivity index (χ0n) is 10.0. The van der Waals surface area contributed by atoms with Crippen LogP contribution in [-0.4, -0.2) is 5.11 Å². The predicted octanol–water partition coefficient (Wildman–Crippen LogP) is 3.38. The molecule has 1 saturated carbocycles. The van der Waals surface area contributed by atoms with Gasteiger partial charge in [0.1, 0.15) is 0 Å². The highest BCUT2D eigenvalue weighted by molar-refractivity contribution is 5.32. The SMILES string of the molecule is Cc1ccc(C(O)C2CC2(C)C)cc1C. The maximum absolute atomic E-state index is 10.2. The Morgan fingerprint density at radius 1 is 1.27 bits per heavy atom. The summed E-state index contributed by atoms with van der Waals surface area (Å²) in [6, 6.07) is 6.28. The molecule has 1 aromatic rings. The highest BCUT2D eigenvalue weighted by Crippen LogP contribution is 2.57. The average Bonchev–Trinajstić information content (AvgIpc) is 2.79. The van der Waals surface area contributed by atoms with Crippen LogP contribution < -0.4 is 0 Å². The van der Waals surface area contributed by atoms with Gasteiger partial charge in [0.25, 0.3) is 0 Å². The molecule has 0 heterocycles. The molecule has 0 saturated heterocycles. The van der Waals surface area contributed by atoms with Gasteiger partial charge in [-0.05, 0) is 48.3 Å². The molecule has 15 heavy (non-hydrogen) atoms. The Morgan fingerprint density at radius 2 is 1.87 bits per heavy atom. The van der Waals surface area contributed by atoms with Gasteiger partial charge >= 0.3 is 0 Å². The van der Waals surface area contributed by atoms with Crippen molar-refractivity contribution in [1.29, 1.82) is 0 Å². The third kappa shape index (κ3) is 1.93. The average molecular weight is 204 g/mol. The van der Waals surface area contributed by atoms with Gasteiger partial charge in [-0.2, -0.15) is 0 Å². The summed E-state index contributed by atoms with van der Waals surface area (Å²) >= 11 is 0. The zero-order chi connectivity index (χ0) is 11.2. The summed E-state index contributed by atoms with van der Waals surface area (Å²) in [5, 5.41) is 10.2. The Labute approximate surface area is 92.1 Å². The van der Waals surface area contributed by atoms with Crippen LogP contribution in [0.3, 0.4) is 0 Å². The van der Waals surface area contributed by atoms with E-state index in [2.05, 4.69) is 45.9 Å². The van der Waals surface area contributed by atoms with Crippen LogP contribution in [0.4, 0.5) is 0 Å². The Bertz CT molecular complexity index is 379. The molecular formula is C14H20O. The molecule has 0 bridgehead atoms. The predicted molar refractivity (Wildman–Crippen MR) is 62.8 cm³/mol. The quantitative estimate of drug-likeness (QED) is 0.783. The topological polar surface area (TPSA) is 20.2 Å². The smallest absolute Gasteiger partial charge is 0.0823 e. The number of aliphatic hydroxyl groups is 1. The molecule has 0 spiro atoms. The number of aliphatic hydroxyl groups excluding tert-OH is 1. The highest BCUT2D eigenvalue weighted by Gasteiger charge is 2.50. The first kappa shape index (κ1) is 10.7. The van der Waals surface area contributed by atoms with E-state index in [1.807, 2.05) is 0 Å². The summed E-state index contributed by atoms with van der Waals surface area (Å²) in [6.45, 7) is 8.65. The second-order valence-electron chi connectivity index (χ2n) is 5.59. The maximum atomic E-state index is 10.2. The first-order valence-corrected chi connectivity index (χ1v) is 5.67. The van der Waals surface area contributed by atoms with Crippen LogP contribution in [0.5, 0.6) is 0 Å². The molecule has 2 atom stereocenters. The largest absolute Gasteiger partial charge is 0.388 e. The van der Waals surface area contributed by atoms with Gasteiger partial charge in [-0.25, -0.2) is 0 Å². The number of hydrogen-bond acceptors (Lipinski definition) is 1. The number of hydrogen-bond donors (Lipinski definition) is 1. The lowest BCUT2D eigenvalue weighted by Crippen LogP contribution is -2.05. The molecule has 0 aromatic heterocycles. The molecule has 0 aliphatic heterocycles.